The van der Waals surface area contributed by atoms with Crippen molar-refractivity contribution in [1.29, 1.82) is 0 Å². The molecule has 1 amide bonds. The molecule has 0 aliphatic carbocycles. The summed E-state index contributed by atoms with van der Waals surface area (Å²) in [6, 6.07) is 3.89. The van der Waals surface area contributed by atoms with Gasteiger partial charge in [-0.25, -0.2) is 4.79 Å². The Labute approximate surface area is 259 Å². The molecule has 7 nitrogen and oxygen atoms in total. The first kappa shape index (κ1) is 37.8. The van der Waals surface area contributed by atoms with E-state index in [-0.39, 0.29) is 41.0 Å². The number of carbonyl (C=O) groups excluding carboxylic acids is 2. The molecule has 0 bridgehead atoms. The van der Waals surface area contributed by atoms with Gasteiger partial charge in [0.05, 0.1) is 0 Å². The van der Waals surface area contributed by atoms with Gasteiger partial charge in [-0.15, -0.1) is 0 Å². The number of amides is 1. The summed E-state index contributed by atoms with van der Waals surface area (Å²) in [5.41, 5.74) is -0.0312. The number of allylic oxidation sites excluding steroid dienone is 6. The van der Waals surface area contributed by atoms with Gasteiger partial charge in [0.1, 0.15) is 17.4 Å². The Hall–Kier alpha value is -3.19. The lowest BCUT2D eigenvalue weighted by molar-refractivity contribution is -0.134. The van der Waals surface area contributed by atoms with E-state index < -0.39 is 18.0 Å². The number of hydrogen-bond acceptors (Lipinski definition) is 5. The number of anilines is 1. The Morgan fingerprint density at radius 1 is 0.884 bits per heavy atom. The fourth-order valence-electron chi connectivity index (χ4n) is 4.82. The number of aromatic hydroxyl groups is 1. The van der Waals surface area contributed by atoms with E-state index in [4.69, 9.17) is 4.74 Å². The molecule has 2 atom stereocenters. The van der Waals surface area contributed by atoms with E-state index in [1.807, 2.05) is 20.8 Å². The molecule has 0 aliphatic heterocycles. The molecule has 0 aliphatic rings. The Kier molecular flexibility index (Phi) is 20.5. The van der Waals surface area contributed by atoms with Crippen molar-refractivity contribution < 1.29 is 29.3 Å². The number of ketones is 1. The summed E-state index contributed by atoms with van der Waals surface area (Å²) in [7, 11) is 0. The van der Waals surface area contributed by atoms with Crippen molar-refractivity contribution in [1.82, 2.24) is 0 Å². The molecule has 7 heteroatoms. The molecule has 43 heavy (non-hydrogen) atoms. The number of unbranched alkanes of at least 4 members (excludes halogenated alkanes) is 6. The first-order chi connectivity index (χ1) is 20.7. The summed E-state index contributed by atoms with van der Waals surface area (Å²) in [6.45, 7) is 8.57. The van der Waals surface area contributed by atoms with Crippen LogP contribution in [0.5, 0.6) is 5.75 Å². The fraction of sp³-hybridized carbons (Fsp3) is 0.583. The molecule has 240 valence electrons. The highest BCUT2D eigenvalue weighted by Gasteiger charge is 2.27. The number of carbonyl (C=O) groups is 3. The lowest BCUT2D eigenvalue weighted by Crippen LogP contribution is -2.32. The van der Waals surface area contributed by atoms with Crippen molar-refractivity contribution in [3.8, 4) is 5.75 Å². The molecule has 0 heterocycles. The average molecular weight is 598 g/mol. The number of carboxylic acids is 1. The lowest BCUT2D eigenvalue weighted by Gasteiger charge is -2.21. The van der Waals surface area contributed by atoms with Crippen LogP contribution in [-0.4, -0.2) is 40.6 Å². The second kappa shape index (κ2) is 23.3. The van der Waals surface area contributed by atoms with Crippen LogP contribution in [-0.2, 0) is 14.3 Å². The van der Waals surface area contributed by atoms with Gasteiger partial charge in [-0.05, 0) is 75.5 Å². The Balaban J connectivity index is 2.35. The molecule has 3 N–H and O–H groups in total. The Morgan fingerprint density at radius 3 is 2.14 bits per heavy atom. The number of Topliss-reactive ketones (excluding diaryl/α,β-unsaturated/α-hetero) is 1. The summed E-state index contributed by atoms with van der Waals surface area (Å²) in [5, 5.41) is 21.7. The van der Waals surface area contributed by atoms with Crippen molar-refractivity contribution in [2.24, 2.45) is 11.8 Å². The van der Waals surface area contributed by atoms with Crippen LogP contribution < -0.4 is 5.32 Å². The highest BCUT2D eigenvalue weighted by Crippen LogP contribution is 2.24. The zero-order valence-corrected chi connectivity index (χ0v) is 26.9. The molecule has 1 aromatic rings. The number of hydrogen-bond donors (Lipinski definition) is 3. The number of aromatic carboxylic acids is 1. The van der Waals surface area contributed by atoms with E-state index in [1.165, 1.54) is 37.5 Å². The van der Waals surface area contributed by atoms with E-state index in [0.717, 1.165) is 44.9 Å². The van der Waals surface area contributed by atoms with Gasteiger partial charge in [-0.2, -0.15) is 0 Å². The van der Waals surface area contributed by atoms with Crippen molar-refractivity contribution >= 4 is 23.3 Å². The highest BCUT2D eigenvalue weighted by atomic mass is 16.5. The fourth-order valence-corrected chi connectivity index (χ4v) is 4.82. The number of ether oxygens (including phenoxy) is 1. The molecule has 0 aromatic heterocycles. The van der Waals surface area contributed by atoms with Gasteiger partial charge in [-0.1, -0.05) is 89.8 Å². The minimum absolute atomic E-state index is 0.0629. The van der Waals surface area contributed by atoms with Gasteiger partial charge < -0.3 is 20.3 Å². The SMILES string of the molecule is CC/C=C\C/C=C\C/C=C\CCCCCCCCOC(CC)C(=O)CC(CC(C)C)C(=O)Nc1ccc(O)c(C(=O)O)c1. The monoisotopic (exact) mass is 597 g/mol. The first-order valence-electron chi connectivity index (χ1n) is 16.2. The zero-order chi connectivity index (χ0) is 31.9. The summed E-state index contributed by atoms with van der Waals surface area (Å²) >= 11 is 0. The van der Waals surface area contributed by atoms with Crippen LogP contribution in [0.25, 0.3) is 0 Å². The van der Waals surface area contributed by atoms with Crippen LogP contribution >= 0.6 is 0 Å². The summed E-state index contributed by atoms with van der Waals surface area (Å²) in [6.07, 6.45) is 24.9. The Morgan fingerprint density at radius 2 is 1.51 bits per heavy atom. The largest absolute Gasteiger partial charge is 0.507 e. The highest BCUT2D eigenvalue weighted by molar-refractivity contribution is 5.98. The first-order valence-corrected chi connectivity index (χ1v) is 16.2. The number of rotatable bonds is 24. The second-order valence-electron chi connectivity index (χ2n) is 11.5. The maximum absolute atomic E-state index is 13.1. The van der Waals surface area contributed by atoms with Crippen LogP contribution in [0.1, 0.15) is 122 Å². The molecule has 0 saturated heterocycles. The molecule has 0 fully saturated rings. The molecule has 2 unspecified atom stereocenters. The molecule has 1 rings (SSSR count). The molecule has 0 spiro atoms. The van der Waals surface area contributed by atoms with Gasteiger partial charge in [0.15, 0.2) is 5.78 Å². The van der Waals surface area contributed by atoms with E-state index in [0.29, 0.717) is 19.4 Å². The maximum Gasteiger partial charge on any atom is 0.339 e. The normalized spacial score (nSPS) is 13.3. The topological polar surface area (TPSA) is 113 Å². The van der Waals surface area contributed by atoms with Gasteiger partial charge in [0.2, 0.25) is 5.91 Å². The van der Waals surface area contributed by atoms with E-state index in [9.17, 15) is 24.6 Å². The van der Waals surface area contributed by atoms with Crippen LogP contribution in [0.15, 0.2) is 54.7 Å². The minimum atomic E-state index is -1.29. The van der Waals surface area contributed by atoms with Crippen molar-refractivity contribution in [2.45, 2.75) is 117 Å². The van der Waals surface area contributed by atoms with Crippen molar-refractivity contribution in [3.63, 3.8) is 0 Å². The third-order valence-corrected chi connectivity index (χ3v) is 7.16. The summed E-state index contributed by atoms with van der Waals surface area (Å²) in [5.74, 6) is -2.47. The average Bonchev–Trinajstić information content (AvgIpc) is 2.96. The van der Waals surface area contributed by atoms with Crippen LogP contribution in [0.3, 0.4) is 0 Å². The van der Waals surface area contributed by atoms with Gasteiger partial charge in [0.25, 0.3) is 0 Å². The lowest BCUT2D eigenvalue weighted by atomic mass is 9.90. The van der Waals surface area contributed by atoms with Crippen molar-refractivity contribution in [2.75, 3.05) is 11.9 Å². The third-order valence-electron chi connectivity index (χ3n) is 7.16. The van der Waals surface area contributed by atoms with Gasteiger partial charge >= 0.3 is 5.97 Å². The molecular weight excluding hydrogens is 542 g/mol. The van der Waals surface area contributed by atoms with Gasteiger partial charge in [-0.3, -0.25) is 9.59 Å². The number of nitrogens with one attached hydrogen (secondary N) is 1. The summed E-state index contributed by atoms with van der Waals surface area (Å²) < 4.78 is 5.94. The van der Waals surface area contributed by atoms with E-state index in [1.54, 1.807) is 0 Å². The van der Waals surface area contributed by atoms with Crippen molar-refractivity contribution in [3.05, 3.63) is 60.2 Å². The minimum Gasteiger partial charge on any atom is -0.507 e. The number of benzene rings is 1. The second-order valence-corrected chi connectivity index (χ2v) is 11.5. The zero-order valence-electron chi connectivity index (χ0n) is 26.9. The van der Waals surface area contributed by atoms with Crippen LogP contribution in [0.4, 0.5) is 5.69 Å². The quantitative estimate of drug-likeness (QED) is 0.0622. The smallest absolute Gasteiger partial charge is 0.339 e. The van der Waals surface area contributed by atoms with Crippen LogP contribution in [0.2, 0.25) is 0 Å². The molecule has 0 radical (unpaired) electrons. The predicted octanol–water partition coefficient (Wildman–Crippen LogP) is 9.04. The van der Waals surface area contributed by atoms with E-state index in [2.05, 4.69) is 48.7 Å². The molecule has 0 saturated carbocycles. The van der Waals surface area contributed by atoms with Gasteiger partial charge in [0, 0.05) is 24.6 Å². The maximum atomic E-state index is 13.1. The van der Waals surface area contributed by atoms with Crippen LogP contribution in [0, 0.1) is 11.8 Å². The number of carboxylic acid groups (broad SMARTS) is 1. The third kappa shape index (κ3) is 17.5. The van der Waals surface area contributed by atoms with E-state index >= 15 is 0 Å². The molecular formula is C36H55NO6. The summed E-state index contributed by atoms with van der Waals surface area (Å²) in [4.78, 5) is 37.5. The standard InChI is InChI=1S/C36H55NO6/c1-5-7-8-9-10-11-12-13-14-15-16-17-18-19-20-21-24-43-34(6-2)33(39)26-29(25-28(3)4)35(40)37-30-22-23-32(38)31(27-30)36(41)42/h7-8,10-11,13-14,22-23,27-29,34,38H,5-6,9,12,15-21,24-26H2,1-4H3,(H,37,40)(H,41,42)/b8-7-,11-10-,14-13-. The molecule has 1 aromatic carbocycles. The number of phenols is 1. The predicted molar refractivity (Wildman–Crippen MR) is 176 cm³/mol. The Bertz CT molecular complexity index is 1040.